The second-order valence-electron chi connectivity index (χ2n) is 6.02. The molecule has 1 N–H and O–H groups in total. The van der Waals surface area contributed by atoms with Crippen LogP contribution in [-0.4, -0.2) is 38.8 Å². The number of nitrogens with one attached hydrogen (secondary N) is 1. The van der Waals surface area contributed by atoms with Crippen LogP contribution in [0.4, 0.5) is 0 Å². The number of aryl methyl sites for hydroxylation is 1. The van der Waals surface area contributed by atoms with Crippen molar-refractivity contribution in [2.75, 3.05) is 20.2 Å². The minimum atomic E-state index is -4.01. The fourth-order valence-corrected chi connectivity index (χ4v) is 5.04. The maximum Gasteiger partial charge on any atom is 0.247 e. The molecule has 26 heavy (non-hydrogen) atoms. The van der Waals surface area contributed by atoms with Crippen molar-refractivity contribution in [3.05, 3.63) is 58.6 Å². The standard InChI is InChI=1S/C18H19ClN2O4S/c1-12-4-3-5-13(10-12)17-18(22)20-8-9-21(17)26(23,24)16-11-14(19)6-7-15(16)25-2/h3-7,10-11,17H,8-9H2,1-2H3,(H,20,22). The third-order valence-electron chi connectivity index (χ3n) is 4.24. The quantitative estimate of drug-likeness (QED) is 0.864. The molecule has 1 saturated heterocycles. The average Bonchev–Trinajstić information content (AvgIpc) is 2.61. The van der Waals surface area contributed by atoms with Gasteiger partial charge in [-0.3, -0.25) is 4.79 Å². The normalized spacial score (nSPS) is 18.4. The van der Waals surface area contributed by atoms with E-state index < -0.39 is 16.1 Å². The zero-order valence-corrected chi connectivity index (χ0v) is 16.0. The molecule has 3 rings (SSSR count). The van der Waals surface area contributed by atoms with Crippen molar-refractivity contribution in [3.63, 3.8) is 0 Å². The molecular weight excluding hydrogens is 376 g/mol. The number of rotatable bonds is 4. The molecule has 8 heteroatoms. The van der Waals surface area contributed by atoms with E-state index in [-0.39, 0.29) is 34.7 Å². The van der Waals surface area contributed by atoms with Crippen molar-refractivity contribution in [1.82, 2.24) is 9.62 Å². The Kier molecular flexibility index (Phi) is 5.22. The summed E-state index contributed by atoms with van der Waals surface area (Å²) < 4.78 is 33.1. The Labute approximate surface area is 157 Å². The van der Waals surface area contributed by atoms with Crippen LogP contribution in [0.3, 0.4) is 0 Å². The fraction of sp³-hybridized carbons (Fsp3) is 0.278. The number of nitrogens with zero attached hydrogens (tertiary/aromatic N) is 1. The summed E-state index contributed by atoms with van der Waals surface area (Å²) in [4.78, 5) is 12.5. The molecule has 0 saturated carbocycles. The highest BCUT2D eigenvalue weighted by Crippen LogP contribution is 2.35. The Morgan fingerprint density at radius 3 is 2.69 bits per heavy atom. The van der Waals surface area contributed by atoms with Gasteiger partial charge < -0.3 is 10.1 Å². The van der Waals surface area contributed by atoms with Crippen LogP contribution >= 0.6 is 11.6 Å². The second kappa shape index (κ2) is 7.26. The van der Waals surface area contributed by atoms with Crippen LogP contribution in [-0.2, 0) is 14.8 Å². The summed E-state index contributed by atoms with van der Waals surface area (Å²) in [5.41, 5.74) is 1.56. The highest BCUT2D eigenvalue weighted by atomic mass is 35.5. The van der Waals surface area contributed by atoms with Crippen molar-refractivity contribution < 1.29 is 17.9 Å². The Morgan fingerprint density at radius 2 is 2.00 bits per heavy atom. The predicted molar refractivity (Wildman–Crippen MR) is 98.8 cm³/mol. The van der Waals surface area contributed by atoms with Gasteiger partial charge in [0, 0.05) is 18.1 Å². The van der Waals surface area contributed by atoms with Crippen molar-refractivity contribution in [1.29, 1.82) is 0 Å². The number of hydrogen-bond donors (Lipinski definition) is 1. The van der Waals surface area contributed by atoms with E-state index in [1.54, 1.807) is 18.2 Å². The number of ether oxygens (including phenoxy) is 1. The molecule has 0 radical (unpaired) electrons. The van der Waals surface area contributed by atoms with Gasteiger partial charge in [-0.2, -0.15) is 4.31 Å². The first-order valence-electron chi connectivity index (χ1n) is 8.04. The van der Waals surface area contributed by atoms with Gasteiger partial charge in [0.15, 0.2) is 0 Å². The van der Waals surface area contributed by atoms with Crippen molar-refractivity contribution in [2.45, 2.75) is 17.9 Å². The zero-order chi connectivity index (χ0) is 18.9. The van der Waals surface area contributed by atoms with Crippen LogP contribution in [0.5, 0.6) is 5.75 Å². The molecule has 0 aromatic heterocycles. The summed E-state index contributed by atoms with van der Waals surface area (Å²) in [5, 5.41) is 3.02. The molecule has 1 atom stereocenters. The number of methoxy groups -OCH3 is 1. The SMILES string of the molecule is COc1ccc(Cl)cc1S(=O)(=O)N1CCNC(=O)C1c1cccc(C)c1. The van der Waals surface area contributed by atoms with E-state index in [0.717, 1.165) is 5.56 Å². The number of halogens is 1. The lowest BCUT2D eigenvalue weighted by atomic mass is 10.0. The van der Waals surface area contributed by atoms with Crippen LogP contribution < -0.4 is 10.1 Å². The van der Waals surface area contributed by atoms with E-state index in [2.05, 4.69) is 5.32 Å². The fourth-order valence-electron chi connectivity index (χ4n) is 3.04. The zero-order valence-electron chi connectivity index (χ0n) is 14.4. The third-order valence-corrected chi connectivity index (χ3v) is 6.36. The summed E-state index contributed by atoms with van der Waals surface area (Å²) in [5.74, 6) is -0.171. The van der Waals surface area contributed by atoms with Crippen LogP contribution in [0.25, 0.3) is 0 Å². The van der Waals surface area contributed by atoms with Crippen molar-refractivity contribution in [2.24, 2.45) is 0 Å². The lowest BCUT2D eigenvalue weighted by Crippen LogP contribution is -2.52. The van der Waals surface area contributed by atoms with E-state index >= 15 is 0 Å². The summed E-state index contributed by atoms with van der Waals surface area (Å²) in [7, 11) is -2.62. The van der Waals surface area contributed by atoms with Crippen molar-refractivity contribution >= 4 is 27.5 Å². The number of benzene rings is 2. The molecule has 2 aromatic rings. The number of carbonyl (C=O) groups excluding carboxylic acids is 1. The molecule has 2 aromatic carbocycles. The van der Waals surface area contributed by atoms with E-state index in [4.69, 9.17) is 16.3 Å². The first-order chi connectivity index (χ1) is 12.3. The van der Waals surface area contributed by atoms with Gasteiger partial charge in [-0.05, 0) is 30.7 Å². The first kappa shape index (κ1) is 18.7. The Hall–Kier alpha value is -2.09. The minimum Gasteiger partial charge on any atom is -0.495 e. The molecule has 0 bridgehead atoms. The van der Waals surface area contributed by atoms with E-state index in [9.17, 15) is 13.2 Å². The van der Waals surface area contributed by atoms with Gasteiger partial charge in [0.2, 0.25) is 15.9 Å². The summed E-state index contributed by atoms with van der Waals surface area (Å²) in [6, 6.07) is 10.7. The molecule has 1 aliphatic rings. The Balaban J connectivity index is 2.13. The smallest absolute Gasteiger partial charge is 0.247 e. The number of sulfonamides is 1. The molecule has 1 aliphatic heterocycles. The summed E-state index contributed by atoms with van der Waals surface area (Å²) >= 11 is 6.00. The highest BCUT2D eigenvalue weighted by molar-refractivity contribution is 7.89. The van der Waals surface area contributed by atoms with Gasteiger partial charge >= 0.3 is 0 Å². The lowest BCUT2D eigenvalue weighted by Gasteiger charge is -2.34. The Bertz CT molecular complexity index is 946. The largest absolute Gasteiger partial charge is 0.495 e. The van der Waals surface area contributed by atoms with Crippen LogP contribution in [0.2, 0.25) is 5.02 Å². The van der Waals surface area contributed by atoms with Gasteiger partial charge in [0.25, 0.3) is 0 Å². The number of amides is 1. The van der Waals surface area contributed by atoms with E-state index in [1.165, 1.54) is 23.5 Å². The highest BCUT2D eigenvalue weighted by Gasteiger charge is 2.40. The molecule has 1 unspecified atom stereocenters. The molecule has 1 fully saturated rings. The average molecular weight is 395 g/mol. The van der Waals surface area contributed by atoms with E-state index in [1.807, 2.05) is 19.1 Å². The maximum absolute atomic E-state index is 13.3. The number of carbonyl (C=O) groups is 1. The van der Waals surface area contributed by atoms with Crippen LogP contribution in [0.15, 0.2) is 47.4 Å². The maximum atomic E-state index is 13.3. The second-order valence-corrected chi connectivity index (χ2v) is 8.31. The molecule has 1 amide bonds. The van der Waals surface area contributed by atoms with Crippen molar-refractivity contribution in [3.8, 4) is 5.75 Å². The number of hydrogen-bond acceptors (Lipinski definition) is 4. The van der Waals surface area contributed by atoms with Crippen LogP contribution in [0, 0.1) is 6.92 Å². The van der Waals surface area contributed by atoms with E-state index in [0.29, 0.717) is 5.56 Å². The third kappa shape index (κ3) is 3.42. The molecule has 6 nitrogen and oxygen atoms in total. The Morgan fingerprint density at radius 1 is 1.23 bits per heavy atom. The summed E-state index contributed by atoms with van der Waals surface area (Å²) in [6.45, 7) is 2.29. The minimum absolute atomic E-state index is 0.0557. The van der Waals surface area contributed by atoms with Gasteiger partial charge in [0.1, 0.15) is 16.7 Å². The summed E-state index contributed by atoms with van der Waals surface area (Å²) in [6.07, 6.45) is 0. The van der Waals surface area contributed by atoms with Gasteiger partial charge in [-0.15, -0.1) is 0 Å². The van der Waals surface area contributed by atoms with Gasteiger partial charge in [0.05, 0.1) is 7.11 Å². The van der Waals surface area contributed by atoms with Crippen LogP contribution in [0.1, 0.15) is 17.2 Å². The van der Waals surface area contributed by atoms with Gasteiger partial charge in [-0.1, -0.05) is 41.4 Å². The van der Waals surface area contributed by atoms with Gasteiger partial charge in [-0.25, -0.2) is 8.42 Å². The molecule has 0 aliphatic carbocycles. The molecule has 1 heterocycles. The topological polar surface area (TPSA) is 75.7 Å². The predicted octanol–water partition coefficient (Wildman–Crippen LogP) is 2.52. The lowest BCUT2D eigenvalue weighted by molar-refractivity contribution is -0.126. The molecule has 138 valence electrons. The number of piperazine rings is 1. The molecular formula is C18H19ClN2O4S. The molecule has 0 spiro atoms. The monoisotopic (exact) mass is 394 g/mol. The first-order valence-corrected chi connectivity index (χ1v) is 9.86.